The molecule has 144 valence electrons. The van der Waals surface area contributed by atoms with E-state index in [1.807, 2.05) is 0 Å². The van der Waals surface area contributed by atoms with Crippen molar-refractivity contribution in [3.8, 4) is 0 Å². The van der Waals surface area contributed by atoms with Crippen LogP contribution in [0.15, 0.2) is 0 Å². The summed E-state index contributed by atoms with van der Waals surface area (Å²) in [5, 5.41) is 10.8. The number of ether oxygens (including phenoxy) is 1. The highest BCUT2D eigenvalue weighted by Gasteiger charge is 2.48. The Kier molecular flexibility index (Phi) is 7.58. The molecule has 0 radical (unpaired) electrons. The van der Waals surface area contributed by atoms with E-state index in [-0.39, 0.29) is 39.8 Å². The molecule has 1 N–H and O–H groups in total. The number of hydrogen-bond acceptors (Lipinski definition) is 3. The average Bonchev–Trinajstić information content (AvgIpc) is 2.34. The molecule has 0 aromatic carbocycles. The minimum atomic E-state index is -0.385. The van der Waals surface area contributed by atoms with E-state index in [9.17, 15) is 9.90 Å². The normalized spacial score (nSPS) is 16.7. The first-order valence-electron chi connectivity index (χ1n) is 9.31. The fraction of sp³-hybridized carbons (Fsp3) is 0.952. The summed E-state index contributed by atoms with van der Waals surface area (Å²) >= 11 is 0. The van der Waals surface area contributed by atoms with Gasteiger partial charge in [0.05, 0.1) is 6.10 Å². The Hall–Kier alpha value is -0.570. The highest BCUT2D eigenvalue weighted by atomic mass is 16.5. The molecule has 2 atom stereocenters. The first kappa shape index (κ1) is 23.4. The lowest BCUT2D eigenvalue weighted by atomic mass is 9.59. The molecule has 3 heteroatoms. The molecule has 0 saturated heterocycles. The van der Waals surface area contributed by atoms with Gasteiger partial charge in [0, 0.05) is 12.3 Å². The van der Waals surface area contributed by atoms with Crippen LogP contribution in [0.1, 0.15) is 95.4 Å². The van der Waals surface area contributed by atoms with Crippen LogP contribution in [0.3, 0.4) is 0 Å². The van der Waals surface area contributed by atoms with Crippen LogP contribution in [0.2, 0.25) is 0 Å². The Bertz CT molecular complexity index is 413. The lowest BCUT2D eigenvalue weighted by molar-refractivity contribution is -0.164. The minimum absolute atomic E-state index is 0.0643. The number of carbonyl (C=O) groups excluding carboxylic acids is 1. The summed E-state index contributed by atoms with van der Waals surface area (Å²) < 4.78 is 5.75. The maximum atomic E-state index is 11.7. The van der Waals surface area contributed by atoms with Crippen LogP contribution in [-0.2, 0) is 9.53 Å². The summed E-state index contributed by atoms with van der Waals surface area (Å²) in [5.74, 6) is -0.234. The average molecular weight is 343 g/mol. The standard InChI is InChI=1S/C21H42O3/c1-12-19(6,7)16(23)13-20(8,9)21(10,11)17(24-15(2)22)14-18(3,4)5/h16-17,23H,12-14H2,1-11H3. The van der Waals surface area contributed by atoms with Gasteiger partial charge in [0.25, 0.3) is 0 Å². The molecule has 0 heterocycles. The largest absolute Gasteiger partial charge is 0.462 e. The molecule has 0 rings (SSSR count). The van der Waals surface area contributed by atoms with Gasteiger partial charge in [0.15, 0.2) is 0 Å². The lowest BCUT2D eigenvalue weighted by Crippen LogP contribution is -2.48. The topological polar surface area (TPSA) is 46.5 Å². The van der Waals surface area contributed by atoms with E-state index in [1.165, 1.54) is 6.92 Å². The SMILES string of the molecule is CCC(C)(C)C(O)CC(C)(C)C(C)(C)C(CC(C)(C)C)OC(C)=O. The van der Waals surface area contributed by atoms with Crippen LogP contribution < -0.4 is 0 Å². The molecule has 0 aliphatic carbocycles. The predicted octanol–water partition coefficient (Wildman–Crippen LogP) is 5.59. The maximum absolute atomic E-state index is 11.7. The number of esters is 1. The monoisotopic (exact) mass is 342 g/mol. The van der Waals surface area contributed by atoms with Gasteiger partial charge in [-0.2, -0.15) is 0 Å². The van der Waals surface area contributed by atoms with E-state index in [0.29, 0.717) is 6.42 Å². The number of aliphatic hydroxyl groups is 1. The molecular formula is C21H42O3. The molecule has 0 spiro atoms. The Morgan fingerprint density at radius 2 is 1.42 bits per heavy atom. The van der Waals surface area contributed by atoms with Crippen molar-refractivity contribution >= 4 is 5.97 Å². The van der Waals surface area contributed by atoms with Gasteiger partial charge in [0.2, 0.25) is 0 Å². The van der Waals surface area contributed by atoms with Gasteiger partial charge in [-0.3, -0.25) is 4.79 Å². The fourth-order valence-electron chi connectivity index (χ4n) is 2.89. The number of rotatable bonds is 8. The first-order chi connectivity index (χ1) is 10.5. The molecule has 0 aliphatic heterocycles. The zero-order chi connectivity index (χ0) is 19.6. The Morgan fingerprint density at radius 1 is 0.958 bits per heavy atom. The predicted molar refractivity (Wildman–Crippen MR) is 102 cm³/mol. The summed E-state index contributed by atoms with van der Waals surface area (Å²) in [6, 6.07) is 0. The van der Waals surface area contributed by atoms with Crippen LogP contribution >= 0.6 is 0 Å². The van der Waals surface area contributed by atoms with Gasteiger partial charge in [0.1, 0.15) is 6.10 Å². The molecule has 0 saturated carbocycles. The van der Waals surface area contributed by atoms with Crippen molar-refractivity contribution in [3.05, 3.63) is 0 Å². The van der Waals surface area contributed by atoms with Gasteiger partial charge in [-0.1, -0.05) is 69.2 Å². The van der Waals surface area contributed by atoms with Crippen LogP contribution in [0.5, 0.6) is 0 Å². The van der Waals surface area contributed by atoms with E-state index in [2.05, 4.69) is 69.2 Å². The van der Waals surface area contributed by atoms with Gasteiger partial charge in [-0.25, -0.2) is 0 Å². The second kappa shape index (κ2) is 7.76. The second-order valence-corrected chi connectivity index (χ2v) is 10.5. The summed E-state index contributed by atoms with van der Waals surface area (Å²) in [7, 11) is 0. The summed E-state index contributed by atoms with van der Waals surface area (Å²) in [6.07, 6.45) is 1.85. The van der Waals surface area contributed by atoms with Crippen LogP contribution in [0, 0.1) is 21.7 Å². The molecule has 0 aliphatic rings. The molecule has 3 nitrogen and oxygen atoms in total. The van der Waals surface area contributed by atoms with E-state index in [0.717, 1.165) is 12.8 Å². The van der Waals surface area contributed by atoms with Gasteiger partial charge >= 0.3 is 5.97 Å². The Morgan fingerprint density at radius 3 is 1.75 bits per heavy atom. The van der Waals surface area contributed by atoms with Crippen molar-refractivity contribution in [3.63, 3.8) is 0 Å². The maximum Gasteiger partial charge on any atom is 0.302 e. The van der Waals surface area contributed by atoms with Crippen molar-refractivity contribution in [1.82, 2.24) is 0 Å². The molecule has 0 bridgehead atoms. The molecule has 0 amide bonds. The van der Waals surface area contributed by atoms with Gasteiger partial charge in [-0.15, -0.1) is 0 Å². The zero-order valence-corrected chi connectivity index (χ0v) is 18.0. The smallest absolute Gasteiger partial charge is 0.302 e. The van der Waals surface area contributed by atoms with E-state index in [4.69, 9.17) is 4.74 Å². The van der Waals surface area contributed by atoms with Crippen LogP contribution in [0.25, 0.3) is 0 Å². The molecule has 24 heavy (non-hydrogen) atoms. The Balaban J connectivity index is 5.54. The van der Waals surface area contributed by atoms with Crippen LogP contribution in [0.4, 0.5) is 0 Å². The third-order valence-corrected chi connectivity index (χ3v) is 6.17. The third-order valence-electron chi connectivity index (χ3n) is 6.17. The van der Waals surface area contributed by atoms with Gasteiger partial charge < -0.3 is 9.84 Å². The van der Waals surface area contributed by atoms with E-state index in [1.54, 1.807) is 0 Å². The van der Waals surface area contributed by atoms with Crippen molar-refractivity contribution in [2.24, 2.45) is 21.7 Å². The quantitative estimate of drug-likeness (QED) is 0.584. The van der Waals surface area contributed by atoms with Crippen molar-refractivity contribution in [2.75, 3.05) is 0 Å². The number of carbonyl (C=O) groups is 1. The lowest BCUT2D eigenvalue weighted by Gasteiger charge is -2.49. The third kappa shape index (κ3) is 6.38. The summed E-state index contributed by atoms with van der Waals surface area (Å²) in [4.78, 5) is 11.7. The van der Waals surface area contributed by atoms with Crippen molar-refractivity contribution in [2.45, 2.75) is 108 Å². The molecule has 2 unspecified atom stereocenters. The fourth-order valence-corrected chi connectivity index (χ4v) is 2.89. The molecule has 0 aromatic rings. The summed E-state index contributed by atoms with van der Waals surface area (Å²) in [6.45, 7) is 23.0. The highest BCUT2D eigenvalue weighted by Crippen LogP contribution is 2.50. The van der Waals surface area contributed by atoms with Crippen molar-refractivity contribution < 1.29 is 14.6 Å². The summed E-state index contributed by atoms with van der Waals surface area (Å²) in [5.41, 5.74) is -0.482. The molecular weight excluding hydrogens is 300 g/mol. The molecule has 0 fully saturated rings. The number of aliphatic hydroxyl groups excluding tert-OH is 1. The van der Waals surface area contributed by atoms with Gasteiger partial charge in [-0.05, 0) is 35.5 Å². The first-order valence-corrected chi connectivity index (χ1v) is 9.31. The van der Waals surface area contributed by atoms with Crippen molar-refractivity contribution in [1.29, 1.82) is 0 Å². The zero-order valence-electron chi connectivity index (χ0n) is 18.0. The second-order valence-electron chi connectivity index (χ2n) is 10.5. The van der Waals surface area contributed by atoms with Crippen LogP contribution in [-0.4, -0.2) is 23.3 Å². The minimum Gasteiger partial charge on any atom is -0.462 e. The number of hydrogen-bond donors (Lipinski definition) is 1. The Labute approximate surface area is 150 Å². The highest BCUT2D eigenvalue weighted by molar-refractivity contribution is 5.66. The van der Waals surface area contributed by atoms with E-state index >= 15 is 0 Å². The molecule has 0 aromatic heterocycles. The van der Waals surface area contributed by atoms with E-state index < -0.39 is 0 Å².